The molecule has 1 aliphatic rings. The molecule has 1 amide bonds. The Labute approximate surface area is 139 Å². The second-order valence-corrected chi connectivity index (χ2v) is 5.77. The van der Waals surface area contributed by atoms with Gasteiger partial charge in [-0.1, -0.05) is 18.7 Å². The minimum absolute atomic E-state index is 0.158. The van der Waals surface area contributed by atoms with E-state index in [9.17, 15) is 4.79 Å². The molecule has 124 valence electrons. The van der Waals surface area contributed by atoms with Crippen LogP contribution in [0.5, 0.6) is 0 Å². The van der Waals surface area contributed by atoms with Crippen LogP contribution in [0.1, 0.15) is 19.9 Å². The fourth-order valence-electron chi connectivity index (χ4n) is 2.61. The van der Waals surface area contributed by atoms with Crippen molar-refractivity contribution < 1.29 is 4.79 Å². The third-order valence-corrected chi connectivity index (χ3v) is 3.73. The van der Waals surface area contributed by atoms with Crippen molar-refractivity contribution in [2.24, 2.45) is 10.7 Å². The van der Waals surface area contributed by atoms with Gasteiger partial charge in [-0.15, -0.1) is 0 Å². The summed E-state index contributed by atoms with van der Waals surface area (Å²) in [4.78, 5) is 16.0. The van der Waals surface area contributed by atoms with E-state index < -0.39 is 0 Å². The summed E-state index contributed by atoms with van der Waals surface area (Å²) in [6, 6.07) is 7.62. The highest BCUT2D eigenvalue weighted by Gasteiger charge is 2.17. The van der Waals surface area contributed by atoms with E-state index in [1.165, 1.54) is 6.08 Å². The van der Waals surface area contributed by atoms with Crippen molar-refractivity contribution in [1.29, 1.82) is 0 Å². The molecule has 0 radical (unpaired) electrons. The van der Waals surface area contributed by atoms with Crippen LogP contribution in [0.3, 0.4) is 0 Å². The molecule has 2 heterocycles. The Kier molecular flexibility index (Phi) is 4.07. The lowest BCUT2D eigenvalue weighted by Gasteiger charge is -2.09. The fraction of sp³-hybridized carbons (Fsp3) is 0.235. The van der Waals surface area contributed by atoms with E-state index in [4.69, 9.17) is 10.8 Å². The molecule has 0 atom stereocenters. The number of carbonyl (C=O) groups is 1. The zero-order valence-corrected chi connectivity index (χ0v) is 13.7. The van der Waals surface area contributed by atoms with E-state index in [0.717, 1.165) is 22.0 Å². The van der Waals surface area contributed by atoms with E-state index in [1.807, 2.05) is 42.8 Å². The second kappa shape index (κ2) is 6.19. The van der Waals surface area contributed by atoms with E-state index in [2.05, 4.69) is 22.2 Å². The monoisotopic (exact) mass is 324 g/mol. The van der Waals surface area contributed by atoms with Gasteiger partial charge in [0, 0.05) is 17.3 Å². The van der Waals surface area contributed by atoms with E-state index in [1.54, 1.807) is 0 Å². The highest BCUT2D eigenvalue weighted by molar-refractivity contribution is 5.99. The van der Waals surface area contributed by atoms with Crippen LogP contribution >= 0.6 is 0 Å². The quantitative estimate of drug-likeness (QED) is 0.712. The Bertz CT molecular complexity index is 925. The third kappa shape index (κ3) is 2.76. The molecule has 1 aromatic heterocycles. The van der Waals surface area contributed by atoms with Gasteiger partial charge in [-0.2, -0.15) is 5.10 Å². The maximum absolute atomic E-state index is 11.5. The summed E-state index contributed by atoms with van der Waals surface area (Å²) in [5.41, 5.74) is 9.19. The number of nitrogens with two attached hydrogens (primary N) is 1. The molecular weight excluding hydrogens is 304 g/mol. The number of aromatic nitrogens is 2. The number of hydrogen-bond acceptors (Lipinski definition) is 5. The minimum Gasteiger partial charge on any atom is -0.385 e. The molecule has 0 fully saturated rings. The lowest BCUT2D eigenvalue weighted by Crippen LogP contribution is -2.43. The molecule has 0 unspecified atom stereocenters. The summed E-state index contributed by atoms with van der Waals surface area (Å²) in [6.07, 6.45) is 1.23. The highest BCUT2D eigenvalue weighted by Crippen LogP contribution is 2.19. The van der Waals surface area contributed by atoms with Gasteiger partial charge in [-0.3, -0.25) is 4.79 Å². The molecule has 1 aromatic carbocycles. The number of carbonyl (C=O) groups excluding carboxylic acids is 1. The average molecular weight is 324 g/mol. The summed E-state index contributed by atoms with van der Waals surface area (Å²) in [6.45, 7) is 7.99. The first-order chi connectivity index (χ1) is 11.5. The molecule has 1 aliphatic heterocycles. The number of fused-ring (bicyclic) bond motifs is 1. The molecule has 0 saturated heterocycles. The largest absolute Gasteiger partial charge is 0.385 e. The SMILES string of the molecule is C=CC(=O)Nc1cccc(-c2nn(C(C)C)c3c2=C(N)NCN=3)c1. The molecule has 0 bridgehead atoms. The van der Waals surface area contributed by atoms with Crippen molar-refractivity contribution in [3.8, 4) is 11.3 Å². The summed E-state index contributed by atoms with van der Waals surface area (Å²) >= 11 is 0. The van der Waals surface area contributed by atoms with E-state index in [0.29, 0.717) is 18.2 Å². The minimum atomic E-state index is -0.260. The first-order valence-electron chi connectivity index (χ1n) is 7.71. The average Bonchev–Trinajstić information content (AvgIpc) is 2.96. The smallest absolute Gasteiger partial charge is 0.247 e. The van der Waals surface area contributed by atoms with E-state index in [-0.39, 0.29) is 11.9 Å². The van der Waals surface area contributed by atoms with Crippen LogP contribution < -0.4 is 27.1 Å². The van der Waals surface area contributed by atoms with Gasteiger partial charge >= 0.3 is 0 Å². The molecule has 4 N–H and O–H groups in total. The van der Waals surface area contributed by atoms with Gasteiger partial charge in [0.05, 0.1) is 5.22 Å². The summed E-state index contributed by atoms with van der Waals surface area (Å²) in [5.74, 6) is 0.298. The van der Waals surface area contributed by atoms with Crippen LogP contribution in [0.15, 0.2) is 41.9 Å². The van der Waals surface area contributed by atoms with Crippen LogP contribution in [0, 0.1) is 0 Å². The van der Waals surface area contributed by atoms with Crippen molar-refractivity contribution in [2.45, 2.75) is 19.9 Å². The Balaban J connectivity index is 2.18. The topological polar surface area (TPSA) is 97.3 Å². The van der Waals surface area contributed by atoms with Crippen molar-refractivity contribution in [2.75, 3.05) is 12.0 Å². The normalized spacial score (nSPS) is 13.0. The molecule has 2 aromatic rings. The molecule has 0 saturated carbocycles. The molecule has 0 aliphatic carbocycles. The van der Waals surface area contributed by atoms with Crippen molar-refractivity contribution >= 4 is 17.4 Å². The van der Waals surface area contributed by atoms with Gasteiger partial charge in [-0.05, 0) is 32.1 Å². The maximum atomic E-state index is 11.5. The fourth-order valence-corrected chi connectivity index (χ4v) is 2.61. The van der Waals surface area contributed by atoms with Crippen LogP contribution in [0.4, 0.5) is 5.69 Å². The Hall–Kier alpha value is -3.09. The van der Waals surface area contributed by atoms with Gasteiger partial charge < -0.3 is 16.4 Å². The van der Waals surface area contributed by atoms with Crippen LogP contribution in [-0.2, 0) is 4.79 Å². The lowest BCUT2D eigenvalue weighted by molar-refractivity contribution is -0.111. The standard InChI is InChI=1S/C17H20N6O/c1-4-13(24)21-12-7-5-6-11(8-12)15-14-16(18)19-9-20-17(14)23(22-15)10(2)3/h4-8,10,19H,1,9,18H2,2-3H3,(H,21,24). The molecule has 0 spiro atoms. The first kappa shape index (κ1) is 15.8. The Morgan fingerprint density at radius 2 is 2.29 bits per heavy atom. The van der Waals surface area contributed by atoms with Gasteiger partial charge in [-0.25, -0.2) is 9.67 Å². The number of rotatable bonds is 4. The molecule has 24 heavy (non-hydrogen) atoms. The van der Waals surface area contributed by atoms with Gasteiger partial charge in [0.15, 0.2) is 5.49 Å². The van der Waals surface area contributed by atoms with Crippen molar-refractivity contribution in [3.05, 3.63) is 47.6 Å². The predicted octanol–water partition coefficient (Wildman–Crippen LogP) is 0.460. The zero-order chi connectivity index (χ0) is 17.3. The third-order valence-electron chi connectivity index (χ3n) is 3.73. The molecule has 3 rings (SSSR count). The number of hydrogen-bond donors (Lipinski definition) is 3. The summed E-state index contributed by atoms with van der Waals surface area (Å²) in [7, 11) is 0. The summed E-state index contributed by atoms with van der Waals surface area (Å²) < 4.78 is 1.87. The molecule has 7 nitrogen and oxygen atoms in total. The molecular formula is C17H20N6O. The number of benzene rings is 1. The number of amides is 1. The predicted molar refractivity (Wildman–Crippen MR) is 93.3 cm³/mol. The van der Waals surface area contributed by atoms with Crippen LogP contribution in [0.2, 0.25) is 0 Å². The molecule has 7 heteroatoms. The van der Waals surface area contributed by atoms with Crippen LogP contribution in [-0.4, -0.2) is 22.4 Å². The maximum Gasteiger partial charge on any atom is 0.247 e. The van der Waals surface area contributed by atoms with E-state index >= 15 is 0 Å². The van der Waals surface area contributed by atoms with Gasteiger partial charge in [0.25, 0.3) is 0 Å². The number of nitrogens with one attached hydrogen (secondary N) is 2. The van der Waals surface area contributed by atoms with Crippen molar-refractivity contribution in [1.82, 2.24) is 15.1 Å². The lowest BCUT2D eigenvalue weighted by atomic mass is 10.1. The first-order valence-corrected chi connectivity index (χ1v) is 7.71. The van der Waals surface area contributed by atoms with Crippen molar-refractivity contribution in [3.63, 3.8) is 0 Å². The zero-order valence-electron chi connectivity index (χ0n) is 13.7. The highest BCUT2D eigenvalue weighted by atomic mass is 16.1. The van der Waals surface area contributed by atoms with Gasteiger partial charge in [0.1, 0.15) is 18.2 Å². The Morgan fingerprint density at radius 3 is 3.00 bits per heavy atom. The number of nitrogens with zero attached hydrogens (tertiary/aromatic N) is 3. The Morgan fingerprint density at radius 1 is 1.50 bits per heavy atom. The van der Waals surface area contributed by atoms with Gasteiger partial charge in [0.2, 0.25) is 5.91 Å². The number of anilines is 1. The summed E-state index contributed by atoms with van der Waals surface area (Å²) in [5, 5.41) is 11.3. The second-order valence-electron chi connectivity index (χ2n) is 5.77. The van der Waals surface area contributed by atoms with Crippen LogP contribution in [0.25, 0.3) is 17.1 Å².